The van der Waals surface area contributed by atoms with Crippen molar-refractivity contribution in [1.82, 2.24) is 19.9 Å². The van der Waals surface area contributed by atoms with Crippen LogP contribution < -0.4 is 0 Å². The highest BCUT2D eigenvalue weighted by atomic mass is 35.5. The van der Waals surface area contributed by atoms with Gasteiger partial charge in [-0.15, -0.1) is 0 Å². The summed E-state index contributed by atoms with van der Waals surface area (Å²) in [6.45, 7) is 4.65. The van der Waals surface area contributed by atoms with E-state index < -0.39 is 0 Å². The summed E-state index contributed by atoms with van der Waals surface area (Å²) in [6, 6.07) is 14.0. The molecule has 2 aromatic heterocycles. The summed E-state index contributed by atoms with van der Waals surface area (Å²) >= 11 is 5.97. The fourth-order valence-corrected chi connectivity index (χ4v) is 3.31. The number of fused-ring (bicyclic) bond motifs is 1. The molecule has 0 radical (unpaired) electrons. The van der Waals surface area contributed by atoms with E-state index in [0.29, 0.717) is 0 Å². The number of pyridine rings is 1. The van der Waals surface area contributed by atoms with E-state index in [1.165, 1.54) is 11.3 Å². The van der Waals surface area contributed by atoms with Gasteiger partial charge in [0.25, 0.3) is 0 Å². The van der Waals surface area contributed by atoms with Crippen molar-refractivity contribution in [3.8, 4) is 11.3 Å². The minimum Gasteiger partial charge on any atom is -0.293 e. The van der Waals surface area contributed by atoms with Gasteiger partial charge in [0.05, 0.1) is 11.4 Å². The van der Waals surface area contributed by atoms with Crippen LogP contribution in [0.3, 0.4) is 0 Å². The molecular formula is C20H19ClN4. The molecule has 3 aromatic rings. The van der Waals surface area contributed by atoms with E-state index in [9.17, 15) is 0 Å². The number of hydrogen-bond acceptors (Lipinski definition) is 4. The van der Waals surface area contributed by atoms with Crippen molar-refractivity contribution in [2.45, 2.75) is 26.4 Å². The molecule has 1 aliphatic rings. The van der Waals surface area contributed by atoms with Crippen LogP contribution in [0.15, 0.2) is 48.7 Å². The predicted molar refractivity (Wildman–Crippen MR) is 99.3 cm³/mol. The second-order valence-corrected chi connectivity index (χ2v) is 6.81. The van der Waals surface area contributed by atoms with Crippen LogP contribution in [0.1, 0.15) is 22.8 Å². The standard InChI is InChI=1S/C20H19ClN4/c1-14-22-11-16-12-25(10-9-20(16)23-14)13-18-3-2-4-19(24-18)15-5-7-17(21)8-6-15/h2-8,11H,9-10,12-13H2,1H3. The van der Waals surface area contributed by atoms with Gasteiger partial charge in [0.2, 0.25) is 0 Å². The van der Waals surface area contributed by atoms with Crippen molar-refractivity contribution < 1.29 is 0 Å². The van der Waals surface area contributed by atoms with E-state index in [1.54, 1.807) is 0 Å². The number of halogens is 1. The Morgan fingerprint density at radius 2 is 1.92 bits per heavy atom. The summed E-state index contributed by atoms with van der Waals surface area (Å²) in [4.78, 5) is 16.1. The topological polar surface area (TPSA) is 41.9 Å². The maximum absolute atomic E-state index is 5.97. The predicted octanol–water partition coefficient (Wildman–Crippen LogP) is 4.06. The molecule has 0 unspecified atom stereocenters. The third kappa shape index (κ3) is 3.70. The third-order valence-electron chi connectivity index (χ3n) is 4.47. The highest BCUT2D eigenvalue weighted by Crippen LogP contribution is 2.22. The smallest absolute Gasteiger partial charge is 0.125 e. The van der Waals surface area contributed by atoms with Crippen LogP contribution in [0.2, 0.25) is 5.02 Å². The first-order valence-corrected chi connectivity index (χ1v) is 8.81. The van der Waals surface area contributed by atoms with Gasteiger partial charge in [-0.3, -0.25) is 9.88 Å². The lowest BCUT2D eigenvalue weighted by molar-refractivity contribution is 0.240. The normalized spacial score (nSPS) is 14.3. The molecule has 4 rings (SSSR count). The Morgan fingerprint density at radius 1 is 1.08 bits per heavy atom. The number of aromatic nitrogens is 3. The van der Waals surface area contributed by atoms with Crippen LogP contribution in [-0.4, -0.2) is 26.4 Å². The van der Waals surface area contributed by atoms with Gasteiger partial charge < -0.3 is 0 Å². The van der Waals surface area contributed by atoms with E-state index in [2.05, 4.69) is 27.0 Å². The average Bonchev–Trinajstić information content (AvgIpc) is 2.63. The fourth-order valence-electron chi connectivity index (χ4n) is 3.19. The van der Waals surface area contributed by atoms with Crippen molar-refractivity contribution in [1.29, 1.82) is 0 Å². The Balaban J connectivity index is 1.51. The van der Waals surface area contributed by atoms with Crippen molar-refractivity contribution in [3.05, 3.63) is 76.5 Å². The summed E-state index contributed by atoms with van der Waals surface area (Å²) in [6.07, 6.45) is 2.93. The molecule has 1 aromatic carbocycles. The van der Waals surface area contributed by atoms with Crippen LogP contribution in [0.5, 0.6) is 0 Å². The van der Waals surface area contributed by atoms with Crippen molar-refractivity contribution in [2.24, 2.45) is 0 Å². The van der Waals surface area contributed by atoms with E-state index >= 15 is 0 Å². The van der Waals surface area contributed by atoms with Gasteiger partial charge in [0.15, 0.2) is 0 Å². The Kier molecular flexibility index (Phi) is 4.47. The first kappa shape index (κ1) is 16.2. The van der Waals surface area contributed by atoms with Gasteiger partial charge in [0.1, 0.15) is 5.82 Å². The number of benzene rings is 1. The molecule has 0 aliphatic carbocycles. The number of hydrogen-bond donors (Lipinski definition) is 0. The van der Waals surface area contributed by atoms with Crippen molar-refractivity contribution in [2.75, 3.05) is 6.54 Å². The maximum Gasteiger partial charge on any atom is 0.125 e. The molecule has 0 saturated carbocycles. The zero-order valence-corrected chi connectivity index (χ0v) is 14.9. The summed E-state index contributed by atoms with van der Waals surface area (Å²) in [5.41, 5.74) is 5.55. The molecule has 3 heterocycles. The molecule has 4 nitrogen and oxygen atoms in total. The summed E-state index contributed by atoms with van der Waals surface area (Å²) in [5, 5.41) is 0.740. The van der Waals surface area contributed by atoms with Crippen LogP contribution in [-0.2, 0) is 19.5 Å². The van der Waals surface area contributed by atoms with Crippen LogP contribution in [0, 0.1) is 6.92 Å². The molecule has 5 heteroatoms. The fraction of sp³-hybridized carbons (Fsp3) is 0.250. The maximum atomic E-state index is 5.97. The van der Waals surface area contributed by atoms with Gasteiger partial charge in [-0.25, -0.2) is 9.97 Å². The summed E-state index contributed by atoms with van der Waals surface area (Å²) in [7, 11) is 0. The van der Waals surface area contributed by atoms with Gasteiger partial charge in [-0.1, -0.05) is 29.8 Å². The van der Waals surface area contributed by atoms with Crippen LogP contribution in [0.25, 0.3) is 11.3 Å². The van der Waals surface area contributed by atoms with E-state index in [0.717, 1.165) is 53.9 Å². The molecule has 0 bridgehead atoms. The monoisotopic (exact) mass is 350 g/mol. The molecule has 25 heavy (non-hydrogen) atoms. The molecule has 0 saturated heterocycles. The molecule has 126 valence electrons. The minimum absolute atomic E-state index is 0.740. The Hall–Kier alpha value is -2.30. The Bertz CT molecular complexity index is 892. The number of rotatable bonds is 3. The van der Waals surface area contributed by atoms with E-state index in [4.69, 9.17) is 16.6 Å². The molecular weight excluding hydrogens is 332 g/mol. The third-order valence-corrected chi connectivity index (χ3v) is 4.72. The lowest BCUT2D eigenvalue weighted by atomic mass is 10.1. The zero-order chi connectivity index (χ0) is 17.2. The molecule has 1 aliphatic heterocycles. The Morgan fingerprint density at radius 3 is 2.76 bits per heavy atom. The molecule has 0 atom stereocenters. The minimum atomic E-state index is 0.740. The van der Waals surface area contributed by atoms with E-state index in [-0.39, 0.29) is 0 Å². The average molecular weight is 351 g/mol. The summed E-state index contributed by atoms with van der Waals surface area (Å²) in [5.74, 6) is 0.851. The number of aryl methyl sites for hydroxylation is 1. The highest BCUT2D eigenvalue weighted by molar-refractivity contribution is 6.30. The number of nitrogens with zero attached hydrogens (tertiary/aromatic N) is 4. The first-order valence-electron chi connectivity index (χ1n) is 8.43. The quantitative estimate of drug-likeness (QED) is 0.714. The second kappa shape index (κ2) is 6.90. The molecule has 0 fully saturated rings. The first-order chi connectivity index (χ1) is 12.2. The van der Waals surface area contributed by atoms with Gasteiger partial charge in [-0.2, -0.15) is 0 Å². The summed E-state index contributed by atoms with van der Waals surface area (Å²) < 4.78 is 0. The SMILES string of the molecule is Cc1ncc2c(n1)CCN(Cc1cccc(-c3ccc(Cl)cc3)n1)C2. The lowest BCUT2D eigenvalue weighted by Crippen LogP contribution is -2.31. The van der Waals surface area contributed by atoms with Crippen molar-refractivity contribution in [3.63, 3.8) is 0 Å². The van der Waals surface area contributed by atoms with Gasteiger partial charge in [0, 0.05) is 54.1 Å². The van der Waals surface area contributed by atoms with Crippen molar-refractivity contribution >= 4 is 11.6 Å². The van der Waals surface area contributed by atoms with Crippen LogP contribution >= 0.6 is 11.6 Å². The Labute approximate surface area is 152 Å². The van der Waals surface area contributed by atoms with Gasteiger partial charge in [-0.05, 0) is 31.2 Å². The largest absolute Gasteiger partial charge is 0.293 e. The lowest BCUT2D eigenvalue weighted by Gasteiger charge is -2.27. The second-order valence-electron chi connectivity index (χ2n) is 6.37. The molecule has 0 spiro atoms. The zero-order valence-electron chi connectivity index (χ0n) is 14.1. The molecule has 0 amide bonds. The highest BCUT2D eigenvalue weighted by Gasteiger charge is 2.18. The van der Waals surface area contributed by atoms with E-state index in [1.807, 2.05) is 43.5 Å². The van der Waals surface area contributed by atoms with Gasteiger partial charge >= 0.3 is 0 Å². The van der Waals surface area contributed by atoms with Crippen LogP contribution in [0.4, 0.5) is 0 Å². The molecule has 0 N–H and O–H groups in total.